The van der Waals surface area contributed by atoms with Crippen LogP contribution in [0.1, 0.15) is 31.0 Å². The van der Waals surface area contributed by atoms with Gasteiger partial charge < -0.3 is 10.6 Å². The van der Waals surface area contributed by atoms with E-state index >= 15 is 0 Å². The molecule has 23 heavy (non-hydrogen) atoms. The maximum absolute atomic E-state index is 12.1. The first-order valence-corrected chi connectivity index (χ1v) is 7.73. The third kappa shape index (κ3) is 5.42. The minimum atomic E-state index is -0.157. The summed E-state index contributed by atoms with van der Waals surface area (Å²) in [4.78, 5) is 23.3. The quantitative estimate of drug-likeness (QED) is 0.877. The molecule has 1 atom stereocenters. The molecule has 120 valence electrons. The number of carbonyl (C=O) groups is 2. The summed E-state index contributed by atoms with van der Waals surface area (Å²) in [5.74, 6) is -0.204. The van der Waals surface area contributed by atoms with E-state index in [1.54, 1.807) is 12.1 Å². The zero-order valence-electron chi connectivity index (χ0n) is 13.1. The maximum atomic E-state index is 12.1. The van der Waals surface area contributed by atoms with Gasteiger partial charge in [-0.1, -0.05) is 35.9 Å². The highest BCUT2D eigenvalue weighted by atomic mass is 35.5. The molecular weight excluding hydrogens is 312 g/mol. The number of rotatable bonds is 5. The normalized spacial score (nSPS) is 11.6. The number of halogens is 1. The van der Waals surface area contributed by atoms with E-state index in [1.807, 2.05) is 43.3 Å². The molecule has 0 spiro atoms. The van der Waals surface area contributed by atoms with Crippen LogP contribution in [-0.2, 0) is 16.0 Å². The van der Waals surface area contributed by atoms with Crippen molar-refractivity contribution >= 4 is 29.1 Å². The highest BCUT2D eigenvalue weighted by Gasteiger charge is 2.11. The van der Waals surface area contributed by atoms with Crippen LogP contribution in [0, 0.1) is 0 Å². The van der Waals surface area contributed by atoms with Gasteiger partial charge in [0.25, 0.3) is 0 Å². The van der Waals surface area contributed by atoms with Crippen molar-refractivity contribution in [2.75, 3.05) is 5.32 Å². The molecule has 0 radical (unpaired) electrons. The third-order valence-corrected chi connectivity index (χ3v) is 3.57. The lowest BCUT2D eigenvalue weighted by Gasteiger charge is -2.15. The van der Waals surface area contributed by atoms with Crippen LogP contribution < -0.4 is 10.6 Å². The van der Waals surface area contributed by atoms with Crippen LogP contribution in [0.2, 0.25) is 5.02 Å². The molecular formula is C18H19ClN2O2. The first kappa shape index (κ1) is 17.0. The molecule has 0 aliphatic heterocycles. The number of anilines is 1. The number of amides is 2. The lowest BCUT2D eigenvalue weighted by Crippen LogP contribution is -2.28. The fourth-order valence-corrected chi connectivity index (χ4v) is 2.51. The van der Waals surface area contributed by atoms with Crippen molar-refractivity contribution < 1.29 is 9.59 Å². The van der Waals surface area contributed by atoms with E-state index in [-0.39, 0.29) is 24.3 Å². The SMILES string of the molecule is CC(=O)Nc1cccc([C@@H](C)NC(=O)Cc2cccc(Cl)c2)c1. The van der Waals surface area contributed by atoms with E-state index in [2.05, 4.69) is 10.6 Å². The molecule has 0 aliphatic carbocycles. The van der Waals surface area contributed by atoms with Gasteiger partial charge in [-0.05, 0) is 42.3 Å². The third-order valence-electron chi connectivity index (χ3n) is 3.34. The number of hydrogen-bond donors (Lipinski definition) is 2. The van der Waals surface area contributed by atoms with Gasteiger partial charge in [0, 0.05) is 17.6 Å². The number of hydrogen-bond acceptors (Lipinski definition) is 2. The molecule has 0 heterocycles. The molecule has 0 aliphatic rings. The monoisotopic (exact) mass is 330 g/mol. The summed E-state index contributed by atoms with van der Waals surface area (Å²) in [6.45, 7) is 3.37. The summed E-state index contributed by atoms with van der Waals surface area (Å²) in [6, 6.07) is 14.5. The summed E-state index contributed by atoms with van der Waals surface area (Å²) in [5.41, 5.74) is 2.51. The van der Waals surface area contributed by atoms with Gasteiger partial charge >= 0.3 is 0 Å². The van der Waals surface area contributed by atoms with Gasteiger partial charge in [-0.25, -0.2) is 0 Å². The Labute approximate surface area is 140 Å². The Morgan fingerprint density at radius 3 is 2.57 bits per heavy atom. The van der Waals surface area contributed by atoms with Gasteiger partial charge in [-0.3, -0.25) is 9.59 Å². The van der Waals surface area contributed by atoms with E-state index in [1.165, 1.54) is 6.92 Å². The number of carbonyl (C=O) groups excluding carboxylic acids is 2. The molecule has 0 unspecified atom stereocenters. The molecule has 0 aromatic heterocycles. The van der Waals surface area contributed by atoms with Gasteiger partial charge in [0.15, 0.2) is 0 Å². The topological polar surface area (TPSA) is 58.2 Å². The van der Waals surface area contributed by atoms with E-state index in [4.69, 9.17) is 11.6 Å². The standard InChI is InChI=1S/C18H19ClN2O2/c1-12(15-6-4-8-17(11-15)21-13(2)22)20-18(23)10-14-5-3-7-16(19)9-14/h3-9,11-12H,10H2,1-2H3,(H,20,23)(H,21,22)/t12-/m1/s1. The highest BCUT2D eigenvalue weighted by Crippen LogP contribution is 2.18. The largest absolute Gasteiger partial charge is 0.349 e. The summed E-state index contributed by atoms with van der Waals surface area (Å²) in [7, 11) is 0. The van der Waals surface area contributed by atoms with Crippen molar-refractivity contribution in [3.63, 3.8) is 0 Å². The van der Waals surface area contributed by atoms with E-state index in [0.29, 0.717) is 10.7 Å². The molecule has 2 aromatic rings. The summed E-state index contributed by atoms with van der Waals surface area (Å²) >= 11 is 5.92. The minimum absolute atomic E-state index is 0.0790. The van der Waals surface area contributed by atoms with E-state index in [9.17, 15) is 9.59 Å². The van der Waals surface area contributed by atoms with Gasteiger partial charge in [0.1, 0.15) is 0 Å². The maximum Gasteiger partial charge on any atom is 0.224 e. The minimum Gasteiger partial charge on any atom is -0.349 e. The van der Waals surface area contributed by atoms with Gasteiger partial charge in [0.05, 0.1) is 12.5 Å². The fourth-order valence-electron chi connectivity index (χ4n) is 2.30. The molecule has 0 fully saturated rings. The Morgan fingerprint density at radius 2 is 1.87 bits per heavy atom. The zero-order valence-corrected chi connectivity index (χ0v) is 13.9. The summed E-state index contributed by atoms with van der Waals surface area (Å²) in [6.07, 6.45) is 0.274. The van der Waals surface area contributed by atoms with Crippen LogP contribution >= 0.6 is 11.6 Å². The van der Waals surface area contributed by atoms with Gasteiger partial charge in [-0.2, -0.15) is 0 Å². The average Bonchev–Trinajstić information content (AvgIpc) is 2.46. The first-order valence-electron chi connectivity index (χ1n) is 7.35. The molecule has 0 saturated carbocycles. The Bertz CT molecular complexity index is 716. The average molecular weight is 331 g/mol. The molecule has 0 saturated heterocycles. The second-order valence-electron chi connectivity index (χ2n) is 5.40. The number of benzene rings is 2. The Hall–Kier alpha value is -2.33. The second kappa shape index (κ2) is 7.79. The molecule has 4 nitrogen and oxygen atoms in total. The molecule has 0 bridgehead atoms. The number of nitrogens with one attached hydrogen (secondary N) is 2. The van der Waals surface area contributed by atoms with Crippen molar-refractivity contribution in [1.82, 2.24) is 5.32 Å². The van der Waals surface area contributed by atoms with Crippen molar-refractivity contribution in [1.29, 1.82) is 0 Å². The van der Waals surface area contributed by atoms with Crippen LogP contribution in [0.5, 0.6) is 0 Å². The zero-order chi connectivity index (χ0) is 16.8. The summed E-state index contributed by atoms with van der Waals surface area (Å²) < 4.78 is 0. The Morgan fingerprint density at radius 1 is 1.13 bits per heavy atom. The smallest absolute Gasteiger partial charge is 0.224 e. The van der Waals surface area contributed by atoms with Crippen molar-refractivity contribution in [2.24, 2.45) is 0 Å². The predicted molar refractivity (Wildman–Crippen MR) is 92.5 cm³/mol. The molecule has 2 N–H and O–H groups in total. The van der Waals surface area contributed by atoms with Crippen LogP contribution in [0.25, 0.3) is 0 Å². The molecule has 2 aromatic carbocycles. The van der Waals surface area contributed by atoms with Crippen molar-refractivity contribution in [2.45, 2.75) is 26.3 Å². The van der Waals surface area contributed by atoms with E-state index < -0.39 is 0 Å². The fraction of sp³-hybridized carbons (Fsp3) is 0.222. The second-order valence-corrected chi connectivity index (χ2v) is 5.84. The van der Waals surface area contributed by atoms with Gasteiger partial charge in [-0.15, -0.1) is 0 Å². The van der Waals surface area contributed by atoms with Gasteiger partial charge in [0.2, 0.25) is 11.8 Å². The summed E-state index contributed by atoms with van der Waals surface area (Å²) in [5, 5.41) is 6.30. The molecule has 5 heteroatoms. The van der Waals surface area contributed by atoms with Crippen molar-refractivity contribution in [3.05, 3.63) is 64.7 Å². The predicted octanol–water partition coefficient (Wildman–Crippen LogP) is 3.72. The van der Waals surface area contributed by atoms with Crippen molar-refractivity contribution in [3.8, 4) is 0 Å². The van der Waals surface area contributed by atoms with Crippen LogP contribution in [0.3, 0.4) is 0 Å². The molecule has 2 amide bonds. The Balaban J connectivity index is 1.99. The molecule has 2 rings (SSSR count). The highest BCUT2D eigenvalue weighted by molar-refractivity contribution is 6.30. The van der Waals surface area contributed by atoms with E-state index in [0.717, 1.165) is 11.1 Å². The van der Waals surface area contributed by atoms with Crippen LogP contribution in [0.15, 0.2) is 48.5 Å². The Kier molecular flexibility index (Phi) is 5.77. The first-order chi connectivity index (χ1) is 10.9. The van der Waals surface area contributed by atoms with Crippen LogP contribution in [-0.4, -0.2) is 11.8 Å². The lowest BCUT2D eigenvalue weighted by atomic mass is 10.1. The lowest BCUT2D eigenvalue weighted by molar-refractivity contribution is -0.121. The van der Waals surface area contributed by atoms with Crippen LogP contribution in [0.4, 0.5) is 5.69 Å².